The highest BCUT2D eigenvalue weighted by atomic mass is 35.5. The van der Waals surface area contributed by atoms with Crippen molar-refractivity contribution in [2.75, 3.05) is 13.1 Å². The quantitative estimate of drug-likeness (QED) is 0.0856. The van der Waals surface area contributed by atoms with Gasteiger partial charge < -0.3 is 15.0 Å². The summed E-state index contributed by atoms with van der Waals surface area (Å²) in [7, 11) is 0. The third-order valence-electron chi connectivity index (χ3n) is 8.22. The highest BCUT2D eigenvalue weighted by Crippen LogP contribution is 2.26. The predicted molar refractivity (Wildman–Crippen MR) is 202 cm³/mol. The van der Waals surface area contributed by atoms with E-state index in [1.807, 2.05) is 4.90 Å². The first kappa shape index (κ1) is 39.3. The van der Waals surface area contributed by atoms with Crippen molar-refractivity contribution in [1.82, 2.24) is 10.2 Å². The van der Waals surface area contributed by atoms with Gasteiger partial charge in [-0.3, -0.25) is 14.4 Å². The Morgan fingerprint density at radius 2 is 1.35 bits per heavy atom. The molecule has 1 N–H and O–H groups in total. The number of carbonyl (C=O) groups is 3. The maximum absolute atomic E-state index is 13.6. The van der Waals surface area contributed by atoms with Crippen LogP contribution in [0.1, 0.15) is 101 Å². The zero-order chi connectivity index (χ0) is 35.3. The molecule has 0 aliphatic carbocycles. The number of halogens is 1. The van der Waals surface area contributed by atoms with Crippen molar-refractivity contribution < 1.29 is 19.1 Å². The van der Waals surface area contributed by atoms with E-state index < -0.39 is 5.60 Å². The van der Waals surface area contributed by atoms with E-state index in [2.05, 4.69) is 73.0 Å². The Morgan fingerprint density at radius 3 is 1.92 bits per heavy atom. The lowest BCUT2D eigenvalue weighted by Crippen LogP contribution is -2.52. The van der Waals surface area contributed by atoms with E-state index in [1.54, 1.807) is 62.4 Å². The van der Waals surface area contributed by atoms with Crippen LogP contribution in [-0.4, -0.2) is 47.2 Å². The molecule has 2 aromatic rings. The molecule has 49 heavy (non-hydrogen) atoms. The fourth-order valence-corrected chi connectivity index (χ4v) is 5.64. The second-order valence-electron chi connectivity index (χ2n) is 12.7. The van der Waals surface area contributed by atoms with Crippen LogP contribution in [0.4, 0.5) is 0 Å². The van der Waals surface area contributed by atoms with Gasteiger partial charge in [0, 0.05) is 41.7 Å². The third kappa shape index (κ3) is 14.5. The molecule has 7 heteroatoms. The molecule has 2 amide bonds. The number of carbonyl (C=O) groups excluding carboxylic acids is 3. The number of ketones is 1. The van der Waals surface area contributed by atoms with E-state index >= 15 is 0 Å². The Hall–Kier alpha value is -4.16. The number of ether oxygens (including phenoxy) is 1. The van der Waals surface area contributed by atoms with Crippen LogP contribution in [0.3, 0.4) is 0 Å². The minimum atomic E-state index is -1.12. The number of unbranched alkanes of at least 4 members (excludes halogenated alkanes) is 1. The number of amides is 2. The van der Waals surface area contributed by atoms with Crippen LogP contribution in [0.2, 0.25) is 5.02 Å². The Morgan fingerprint density at radius 1 is 0.816 bits per heavy atom. The fourth-order valence-electron chi connectivity index (χ4n) is 5.51. The second-order valence-corrected chi connectivity index (χ2v) is 13.1. The molecule has 3 rings (SSSR count). The van der Waals surface area contributed by atoms with Crippen molar-refractivity contribution in [3.63, 3.8) is 0 Å². The van der Waals surface area contributed by atoms with Crippen LogP contribution in [0.25, 0.3) is 0 Å². The molecule has 0 spiro atoms. The van der Waals surface area contributed by atoms with Gasteiger partial charge in [0.15, 0.2) is 11.4 Å². The van der Waals surface area contributed by atoms with E-state index in [-0.39, 0.29) is 23.6 Å². The van der Waals surface area contributed by atoms with Gasteiger partial charge in [-0.05, 0) is 120 Å². The van der Waals surface area contributed by atoms with Gasteiger partial charge in [-0.15, -0.1) is 0 Å². The SMILES string of the molecule is CCC=CCC=CCC=CCC=CCC=CCCCC(=O)NCC1CCCN1C(=O)C(C)(C)Oc1ccc(C(=O)c2ccc(Cl)cc2)cc1. The summed E-state index contributed by atoms with van der Waals surface area (Å²) in [5.41, 5.74) is -0.0479. The minimum Gasteiger partial charge on any atom is -0.478 e. The lowest BCUT2D eigenvalue weighted by Gasteiger charge is -2.33. The summed E-state index contributed by atoms with van der Waals surface area (Å²) in [4.78, 5) is 40.7. The zero-order valence-electron chi connectivity index (χ0n) is 29.4. The van der Waals surface area contributed by atoms with Gasteiger partial charge in [-0.1, -0.05) is 79.3 Å². The molecule has 0 aromatic heterocycles. The molecule has 1 saturated heterocycles. The van der Waals surface area contributed by atoms with Gasteiger partial charge in [0.1, 0.15) is 5.75 Å². The molecule has 2 aromatic carbocycles. The summed E-state index contributed by atoms with van der Waals surface area (Å²) in [6.07, 6.45) is 30.5. The summed E-state index contributed by atoms with van der Waals surface area (Å²) in [5, 5.41) is 3.61. The first-order valence-corrected chi connectivity index (χ1v) is 18.0. The van der Waals surface area contributed by atoms with Gasteiger partial charge in [0.25, 0.3) is 5.91 Å². The predicted octanol–water partition coefficient (Wildman–Crippen LogP) is 9.76. The monoisotopic (exact) mass is 684 g/mol. The van der Waals surface area contributed by atoms with Crippen LogP contribution in [-0.2, 0) is 9.59 Å². The highest BCUT2D eigenvalue weighted by Gasteiger charge is 2.39. The van der Waals surface area contributed by atoms with E-state index in [9.17, 15) is 14.4 Å². The van der Waals surface area contributed by atoms with Gasteiger partial charge >= 0.3 is 0 Å². The molecule has 1 atom stereocenters. The molecule has 1 aliphatic heterocycles. The van der Waals surface area contributed by atoms with Gasteiger partial charge in [0.05, 0.1) is 0 Å². The average molecular weight is 685 g/mol. The second kappa shape index (κ2) is 21.7. The van der Waals surface area contributed by atoms with Crippen molar-refractivity contribution >= 4 is 29.2 Å². The summed E-state index contributed by atoms with van der Waals surface area (Å²) in [6.45, 7) is 6.72. The molecular formula is C42H53ClN2O4. The summed E-state index contributed by atoms with van der Waals surface area (Å²) in [5.74, 6) is 0.275. The first-order valence-electron chi connectivity index (χ1n) is 17.6. The van der Waals surface area contributed by atoms with E-state index in [0.29, 0.717) is 41.4 Å². The van der Waals surface area contributed by atoms with E-state index in [4.69, 9.17) is 16.3 Å². The molecular weight excluding hydrogens is 632 g/mol. The Bertz CT molecular complexity index is 1470. The highest BCUT2D eigenvalue weighted by molar-refractivity contribution is 6.30. The van der Waals surface area contributed by atoms with Crippen LogP contribution in [0.15, 0.2) is 109 Å². The summed E-state index contributed by atoms with van der Waals surface area (Å²) >= 11 is 5.94. The van der Waals surface area contributed by atoms with Crippen molar-refractivity contribution in [2.45, 2.75) is 96.6 Å². The van der Waals surface area contributed by atoms with Gasteiger partial charge in [0.2, 0.25) is 5.91 Å². The molecule has 262 valence electrons. The number of allylic oxidation sites excluding steroid dienone is 10. The van der Waals surface area contributed by atoms with Crippen molar-refractivity contribution in [3.05, 3.63) is 125 Å². The molecule has 1 heterocycles. The smallest absolute Gasteiger partial charge is 0.266 e. The van der Waals surface area contributed by atoms with Crippen LogP contribution in [0.5, 0.6) is 5.75 Å². The zero-order valence-corrected chi connectivity index (χ0v) is 30.2. The lowest BCUT2D eigenvalue weighted by molar-refractivity contribution is -0.146. The van der Waals surface area contributed by atoms with Gasteiger partial charge in [-0.2, -0.15) is 0 Å². The molecule has 1 aliphatic rings. The fraction of sp³-hybridized carbons (Fsp3) is 0.405. The standard InChI is InChI=1S/C42H53ClN2O4/c1-4-5-6-7-8-9-10-11-12-13-14-15-16-17-18-19-20-23-39(46)44-33-37-22-21-32-45(37)41(48)42(2,3)49-38-30-26-35(27-31-38)40(47)34-24-28-36(43)29-25-34/h5-6,8-9,11-12,14-15,17-18,24-31,37H,4,7,10,13,16,19-23,32-33H2,1-3H3,(H,44,46). The molecule has 0 radical (unpaired) electrons. The van der Waals surface area contributed by atoms with Gasteiger partial charge in [-0.25, -0.2) is 0 Å². The number of nitrogens with one attached hydrogen (secondary N) is 1. The van der Waals surface area contributed by atoms with Crippen LogP contribution < -0.4 is 10.1 Å². The topological polar surface area (TPSA) is 75.7 Å². The summed E-state index contributed by atoms with van der Waals surface area (Å²) < 4.78 is 6.12. The van der Waals surface area contributed by atoms with E-state index in [0.717, 1.165) is 57.8 Å². The Kier molecular flexibility index (Phi) is 17.4. The van der Waals surface area contributed by atoms with Crippen LogP contribution in [0, 0.1) is 0 Å². The third-order valence-corrected chi connectivity index (χ3v) is 8.47. The maximum atomic E-state index is 13.6. The number of benzene rings is 2. The number of likely N-dealkylation sites (tertiary alicyclic amines) is 1. The van der Waals surface area contributed by atoms with E-state index in [1.165, 1.54) is 0 Å². The number of rotatable bonds is 20. The molecule has 6 nitrogen and oxygen atoms in total. The van der Waals surface area contributed by atoms with Crippen LogP contribution >= 0.6 is 11.6 Å². The largest absolute Gasteiger partial charge is 0.478 e. The Balaban J connectivity index is 1.32. The number of nitrogens with zero attached hydrogens (tertiary/aromatic N) is 1. The molecule has 1 unspecified atom stereocenters. The Labute approximate surface area is 298 Å². The lowest BCUT2D eigenvalue weighted by atomic mass is 10.0. The molecule has 0 saturated carbocycles. The number of hydrogen-bond acceptors (Lipinski definition) is 4. The van der Waals surface area contributed by atoms with Crippen molar-refractivity contribution in [3.8, 4) is 5.75 Å². The minimum absolute atomic E-state index is 0.00963. The normalized spacial score (nSPS) is 15.4. The number of hydrogen-bond donors (Lipinski definition) is 1. The average Bonchev–Trinajstić information content (AvgIpc) is 3.57. The molecule has 1 fully saturated rings. The summed E-state index contributed by atoms with van der Waals surface area (Å²) in [6, 6.07) is 13.5. The maximum Gasteiger partial charge on any atom is 0.266 e. The van der Waals surface area contributed by atoms with Crippen molar-refractivity contribution in [1.29, 1.82) is 0 Å². The molecule has 0 bridgehead atoms. The van der Waals surface area contributed by atoms with Crippen molar-refractivity contribution in [2.24, 2.45) is 0 Å². The first-order chi connectivity index (χ1) is 23.7.